The largest absolute Gasteiger partial charge is 0.385 e. The number of aromatic nitrogens is 2. The second-order valence-corrected chi connectivity index (χ2v) is 9.50. The third-order valence-electron chi connectivity index (χ3n) is 5.77. The summed E-state index contributed by atoms with van der Waals surface area (Å²) in [7, 11) is 1.64. The first-order valence-electron chi connectivity index (χ1n) is 11.6. The third kappa shape index (κ3) is 5.81. The molecule has 0 spiro atoms. The molecule has 180 valence electrons. The minimum Gasteiger partial charge on any atom is -0.385 e. The van der Waals surface area contributed by atoms with E-state index in [1.54, 1.807) is 17.7 Å². The Balaban J connectivity index is 1.75. The van der Waals surface area contributed by atoms with Crippen LogP contribution in [-0.4, -0.2) is 29.2 Å². The fourth-order valence-electron chi connectivity index (χ4n) is 3.88. The number of ether oxygens (including phenoxy) is 1. The number of nitrogens with one attached hydrogen (secondary N) is 1. The molecule has 0 fully saturated rings. The molecule has 1 N–H and O–H groups in total. The van der Waals surface area contributed by atoms with Gasteiger partial charge in [0, 0.05) is 25.9 Å². The number of benzene rings is 3. The summed E-state index contributed by atoms with van der Waals surface area (Å²) in [6, 6.07) is 22.9. The van der Waals surface area contributed by atoms with Gasteiger partial charge in [-0.05, 0) is 55.2 Å². The van der Waals surface area contributed by atoms with Crippen molar-refractivity contribution in [2.24, 2.45) is 0 Å². The van der Waals surface area contributed by atoms with Crippen molar-refractivity contribution < 1.29 is 9.53 Å². The molecule has 0 saturated heterocycles. The first-order chi connectivity index (χ1) is 17.0. The number of hydrogen-bond donors (Lipinski definition) is 1. The van der Waals surface area contributed by atoms with Gasteiger partial charge in [-0.1, -0.05) is 66.4 Å². The Kier molecular flexibility index (Phi) is 8.00. The number of anilines is 1. The smallest absolute Gasteiger partial charge is 0.262 e. The number of carbonyl (C=O) groups excluding carboxylic acids is 1. The van der Waals surface area contributed by atoms with Crippen molar-refractivity contribution in [3.05, 3.63) is 99.8 Å². The lowest BCUT2D eigenvalue weighted by atomic mass is 10.1. The Morgan fingerprint density at radius 2 is 1.80 bits per heavy atom. The van der Waals surface area contributed by atoms with Gasteiger partial charge in [-0.3, -0.25) is 14.2 Å². The molecule has 3 aromatic carbocycles. The van der Waals surface area contributed by atoms with Crippen LogP contribution in [0.25, 0.3) is 10.9 Å². The van der Waals surface area contributed by atoms with E-state index >= 15 is 0 Å². The standard InChI is InChI=1S/C28H29N3O3S/c1-19-14-15-20(2)24(18-19)29-26(32)25(21-10-5-4-6-11-21)35-28-30-23-13-8-7-12-22(23)27(33)31(28)16-9-17-34-3/h4-8,10-15,18,25H,9,16-17H2,1-3H3,(H,29,32). The highest BCUT2D eigenvalue weighted by molar-refractivity contribution is 8.00. The highest BCUT2D eigenvalue weighted by atomic mass is 32.2. The van der Waals surface area contributed by atoms with E-state index in [0.29, 0.717) is 35.6 Å². The average Bonchev–Trinajstić information content (AvgIpc) is 2.87. The summed E-state index contributed by atoms with van der Waals surface area (Å²) in [6.07, 6.45) is 0.661. The van der Waals surface area contributed by atoms with E-state index in [0.717, 1.165) is 22.4 Å². The summed E-state index contributed by atoms with van der Waals surface area (Å²) >= 11 is 1.29. The molecule has 1 amide bonds. The number of fused-ring (bicyclic) bond motifs is 1. The monoisotopic (exact) mass is 487 g/mol. The summed E-state index contributed by atoms with van der Waals surface area (Å²) in [5.74, 6) is -0.166. The van der Waals surface area contributed by atoms with Crippen molar-refractivity contribution in [1.82, 2.24) is 9.55 Å². The molecule has 6 nitrogen and oxygen atoms in total. The number of rotatable bonds is 9. The van der Waals surface area contributed by atoms with Crippen molar-refractivity contribution in [2.75, 3.05) is 19.0 Å². The molecule has 1 atom stereocenters. The van der Waals surface area contributed by atoms with E-state index in [2.05, 4.69) is 5.32 Å². The Hall–Kier alpha value is -3.42. The zero-order valence-corrected chi connectivity index (χ0v) is 21.0. The number of aryl methyl sites for hydroxylation is 2. The SMILES string of the molecule is COCCCn1c(SC(C(=O)Nc2cc(C)ccc2C)c2ccccc2)nc2ccccc2c1=O. The molecule has 0 radical (unpaired) electrons. The first-order valence-corrected chi connectivity index (χ1v) is 12.4. The highest BCUT2D eigenvalue weighted by Gasteiger charge is 2.25. The molecule has 4 aromatic rings. The quantitative estimate of drug-likeness (QED) is 0.191. The van der Waals surface area contributed by atoms with E-state index in [9.17, 15) is 9.59 Å². The highest BCUT2D eigenvalue weighted by Crippen LogP contribution is 2.36. The predicted molar refractivity (Wildman–Crippen MR) is 142 cm³/mol. The number of methoxy groups -OCH3 is 1. The molecule has 0 saturated carbocycles. The third-order valence-corrected chi connectivity index (χ3v) is 7.02. The molecule has 1 unspecified atom stereocenters. The van der Waals surface area contributed by atoms with Gasteiger partial charge in [-0.15, -0.1) is 0 Å². The Bertz CT molecular complexity index is 1390. The number of thioether (sulfide) groups is 1. The summed E-state index contributed by atoms with van der Waals surface area (Å²) in [4.78, 5) is 31.8. The van der Waals surface area contributed by atoms with E-state index in [-0.39, 0.29) is 11.5 Å². The lowest BCUT2D eigenvalue weighted by Crippen LogP contribution is -2.26. The Morgan fingerprint density at radius 1 is 1.06 bits per heavy atom. The van der Waals surface area contributed by atoms with E-state index in [1.165, 1.54) is 11.8 Å². The van der Waals surface area contributed by atoms with Crippen molar-refractivity contribution in [3.8, 4) is 0 Å². The molecule has 0 bridgehead atoms. The van der Waals surface area contributed by atoms with Crippen LogP contribution in [0.4, 0.5) is 5.69 Å². The number of hydrogen-bond acceptors (Lipinski definition) is 5. The average molecular weight is 488 g/mol. The minimum absolute atomic E-state index is 0.115. The molecule has 4 rings (SSSR count). The summed E-state index contributed by atoms with van der Waals surface area (Å²) in [5.41, 5.74) is 4.17. The number of nitrogens with zero attached hydrogens (tertiary/aromatic N) is 2. The normalized spacial score (nSPS) is 12.0. The first kappa shape index (κ1) is 24.7. The Morgan fingerprint density at radius 3 is 2.57 bits per heavy atom. The van der Waals surface area contributed by atoms with Gasteiger partial charge < -0.3 is 10.1 Å². The maximum Gasteiger partial charge on any atom is 0.262 e. The Labute approximate surface area is 209 Å². The van der Waals surface area contributed by atoms with E-state index < -0.39 is 5.25 Å². The molecule has 35 heavy (non-hydrogen) atoms. The molecule has 1 heterocycles. The second kappa shape index (κ2) is 11.3. The van der Waals surface area contributed by atoms with Crippen LogP contribution in [-0.2, 0) is 16.1 Å². The molecular weight excluding hydrogens is 458 g/mol. The van der Waals surface area contributed by atoms with Crippen molar-refractivity contribution in [1.29, 1.82) is 0 Å². The maximum atomic E-state index is 13.6. The molecule has 0 aliphatic rings. The second-order valence-electron chi connectivity index (χ2n) is 8.43. The van der Waals surface area contributed by atoms with Gasteiger partial charge in [0.15, 0.2) is 5.16 Å². The maximum absolute atomic E-state index is 13.6. The van der Waals surface area contributed by atoms with Gasteiger partial charge in [0.05, 0.1) is 10.9 Å². The molecule has 0 aliphatic heterocycles. The van der Waals surface area contributed by atoms with E-state index in [1.807, 2.05) is 80.6 Å². The molecule has 1 aromatic heterocycles. The number of amides is 1. The van der Waals surface area contributed by atoms with Crippen LogP contribution in [0.1, 0.15) is 28.4 Å². The fraction of sp³-hybridized carbons (Fsp3) is 0.250. The van der Waals surface area contributed by atoms with Gasteiger partial charge >= 0.3 is 0 Å². The van der Waals surface area contributed by atoms with Gasteiger partial charge in [0.2, 0.25) is 5.91 Å². The number of carbonyl (C=O) groups is 1. The van der Waals surface area contributed by atoms with Crippen molar-refractivity contribution in [3.63, 3.8) is 0 Å². The van der Waals surface area contributed by atoms with Crippen LogP contribution in [0.3, 0.4) is 0 Å². The van der Waals surface area contributed by atoms with Gasteiger partial charge in [0.1, 0.15) is 5.25 Å². The summed E-state index contributed by atoms with van der Waals surface area (Å²) in [5, 5.41) is 3.57. The zero-order chi connectivity index (χ0) is 24.8. The van der Waals surface area contributed by atoms with Crippen molar-refractivity contribution >= 4 is 34.3 Å². The topological polar surface area (TPSA) is 73.2 Å². The van der Waals surface area contributed by atoms with Crippen LogP contribution in [0.5, 0.6) is 0 Å². The number of para-hydroxylation sites is 1. The molecule has 7 heteroatoms. The van der Waals surface area contributed by atoms with Gasteiger partial charge in [0.25, 0.3) is 5.56 Å². The summed E-state index contributed by atoms with van der Waals surface area (Å²) in [6.45, 7) is 4.94. The molecule has 0 aliphatic carbocycles. The lowest BCUT2D eigenvalue weighted by Gasteiger charge is -2.20. The fourth-order valence-corrected chi connectivity index (χ4v) is 5.00. The minimum atomic E-state index is -0.599. The van der Waals surface area contributed by atoms with Crippen LogP contribution in [0.15, 0.2) is 82.7 Å². The van der Waals surface area contributed by atoms with Crippen LogP contribution < -0.4 is 10.9 Å². The van der Waals surface area contributed by atoms with Crippen LogP contribution in [0, 0.1) is 13.8 Å². The van der Waals surface area contributed by atoms with Crippen molar-refractivity contribution in [2.45, 2.75) is 37.2 Å². The lowest BCUT2D eigenvalue weighted by molar-refractivity contribution is -0.115. The summed E-state index contributed by atoms with van der Waals surface area (Å²) < 4.78 is 6.86. The van der Waals surface area contributed by atoms with Gasteiger partial charge in [-0.25, -0.2) is 4.98 Å². The van der Waals surface area contributed by atoms with Crippen LogP contribution >= 0.6 is 11.8 Å². The zero-order valence-electron chi connectivity index (χ0n) is 20.2. The van der Waals surface area contributed by atoms with Gasteiger partial charge in [-0.2, -0.15) is 0 Å². The van der Waals surface area contributed by atoms with E-state index in [4.69, 9.17) is 9.72 Å². The predicted octanol–water partition coefficient (Wildman–Crippen LogP) is 5.52. The molecular formula is C28H29N3O3S. The van der Waals surface area contributed by atoms with Crippen LogP contribution in [0.2, 0.25) is 0 Å².